The molecule has 148 valence electrons. The zero-order chi connectivity index (χ0) is 20.5. The molecule has 2 amide bonds. The standard InChI is InChI=1S/C19H18F2N2O5/c1-2-27-18(26)13-3-7-14(8-4-13)23-16(24)11-22-17(25)12-5-9-15(10-6-12)28-19(20)21/h3-10,19H,2,11H2,1H3,(H,22,25)(H,23,24). The molecule has 2 rings (SSSR count). The summed E-state index contributed by atoms with van der Waals surface area (Å²) in [4.78, 5) is 35.5. The summed E-state index contributed by atoms with van der Waals surface area (Å²) in [6, 6.07) is 11.2. The maximum atomic E-state index is 12.1. The van der Waals surface area contributed by atoms with E-state index < -0.39 is 24.4 Å². The van der Waals surface area contributed by atoms with Crippen LogP contribution >= 0.6 is 0 Å². The number of amides is 2. The molecule has 2 aromatic carbocycles. The van der Waals surface area contributed by atoms with E-state index in [1.807, 2.05) is 0 Å². The Labute approximate surface area is 159 Å². The lowest BCUT2D eigenvalue weighted by Gasteiger charge is -2.09. The van der Waals surface area contributed by atoms with Crippen LogP contribution in [-0.4, -0.2) is 37.5 Å². The second-order valence-corrected chi connectivity index (χ2v) is 5.43. The molecule has 0 aliphatic carbocycles. The average Bonchev–Trinajstić information content (AvgIpc) is 2.67. The van der Waals surface area contributed by atoms with E-state index in [0.29, 0.717) is 11.3 Å². The number of alkyl halides is 2. The highest BCUT2D eigenvalue weighted by atomic mass is 19.3. The van der Waals surface area contributed by atoms with Crippen molar-refractivity contribution in [1.82, 2.24) is 5.32 Å². The number of nitrogens with one attached hydrogen (secondary N) is 2. The average molecular weight is 392 g/mol. The van der Waals surface area contributed by atoms with Crippen LogP contribution in [0, 0.1) is 0 Å². The van der Waals surface area contributed by atoms with Crippen molar-refractivity contribution in [3.8, 4) is 5.75 Å². The molecule has 0 spiro atoms. The predicted molar refractivity (Wildman–Crippen MR) is 96.4 cm³/mol. The van der Waals surface area contributed by atoms with Crippen LogP contribution in [0.1, 0.15) is 27.6 Å². The molecular weight excluding hydrogens is 374 g/mol. The summed E-state index contributed by atoms with van der Waals surface area (Å²) >= 11 is 0. The summed E-state index contributed by atoms with van der Waals surface area (Å²) in [5.74, 6) is -1.56. The molecule has 0 atom stereocenters. The Hall–Kier alpha value is -3.49. The fraction of sp³-hybridized carbons (Fsp3) is 0.211. The number of ether oxygens (including phenoxy) is 2. The molecule has 0 aromatic heterocycles. The fourth-order valence-electron chi connectivity index (χ4n) is 2.16. The minimum absolute atomic E-state index is 0.0736. The Kier molecular flexibility index (Phi) is 7.44. The molecule has 0 fully saturated rings. The molecule has 9 heteroatoms. The summed E-state index contributed by atoms with van der Waals surface area (Å²) in [7, 11) is 0. The number of anilines is 1. The van der Waals surface area contributed by atoms with Gasteiger partial charge in [0.25, 0.3) is 5.91 Å². The molecule has 0 saturated heterocycles. The number of halogens is 2. The van der Waals surface area contributed by atoms with Crippen molar-refractivity contribution in [3.05, 3.63) is 59.7 Å². The normalized spacial score (nSPS) is 10.3. The van der Waals surface area contributed by atoms with Crippen molar-refractivity contribution in [1.29, 1.82) is 0 Å². The van der Waals surface area contributed by atoms with Crippen LogP contribution in [0.5, 0.6) is 5.75 Å². The molecule has 0 saturated carbocycles. The van der Waals surface area contributed by atoms with Crippen LogP contribution in [0.15, 0.2) is 48.5 Å². The minimum atomic E-state index is -2.95. The molecule has 0 unspecified atom stereocenters. The second-order valence-electron chi connectivity index (χ2n) is 5.43. The quantitative estimate of drug-likeness (QED) is 0.674. The highest BCUT2D eigenvalue weighted by molar-refractivity contribution is 5.99. The molecule has 0 aliphatic rings. The van der Waals surface area contributed by atoms with Crippen LogP contribution in [-0.2, 0) is 9.53 Å². The summed E-state index contributed by atoms with van der Waals surface area (Å²) < 4.78 is 33.2. The van der Waals surface area contributed by atoms with Gasteiger partial charge < -0.3 is 20.1 Å². The lowest BCUT2D eigenvalue weighted by molar-refractivity contribution is -0.115. The maximum Gasteiger partial charge on any atom is 0.387 e. The number of esters is 1. The smallest absolute Gasteiger partial charge is 0.387 e. The first-order valence-corrected chi connectivity index (χ1v) is 8.29. The molecule has 28 heavy (non-hydrogen) atoms. The van der Waals surface area contributed by atoms with E-state index >= 15 is 0 Å². The Morgan fingerprint density at radius 2 is 1.57 bits per heavy atom. The van der Waals surface area contributed by atoms with E-state index in [9.17, 15) is 23.2 Å². The zero-order valence-corrected chi connectivity index (χ0v) is 14.9. The van der Waals surface area contributed by atoms with Gasteiger partial charge in [0.05, 0.1) is 18.7 Å². The predicted octanol–water partition coefficient (Wildman–Crippen LogP) is 2.83. The van der Waals surface area contributed by atoms with E-state index in [4.69, 9.17) is 4.74 Å². The molecular formula is C19H18F2N2O5. The SMILES string of the molecule is CCOC(=O)c1ccc(NC(=O)CNC(=O)c2ccc(OC(F)F)cc2)cc1. The van der Waals surface area contributed by atoms with Gasteiger partial charge in [0.2, 0.25) is 5.91 Å². The Bertz CT molecular complexity index is 823. The molecule has 0 heterocycles. The molecule has 7 nitrogen and oxygen atoms in total. The van der Waals surface area contributed by atoms with E-state index in [0.717, 1.165) is 0 Å². The van der Waals surface area contributed by atoms with Crippen LogP contribution in [0.4, 0.5) is 14.5 Å². The third-order valence-electron chi connectivity index (χ3n) is 3.43. The molecule has 0 bridgehead atoms. The number of benzene rings is 2. The van der Waals surface area contributed by atoms with Gasteiger partial charge in [-0.1, -0.05) is 0 Å². The highest BCUT2D eigenvalue weighted by Crippen LogP contribution is 2.15. The first-order valence-electron chi connectivity index (χ1n) is 8.29. The van der Waals surface area contributed by atoms with Gasteiger partial charge in [-0.25, -0.2) is 4.79 Å². The molecule has 0 radical (unpaired) electrons. The van der Waals surface area contributed by atoms with Gasteiger partial charge in [0.1, 0.15) is 5.75 Å². The van der Waals surface area contributed by atoms with Crippen LogP contribution in [0.2, 0.25) is 0 Å². The summed E-state index contributed by atoms with van der Waals surface area (Å²) in [5, 5.41) is 4.98. The van der Waals surface area contributed by atoms with E-state index in [1.54, 1.807) is 6.92 Å². The van der Waals surface area contributed by atoms with Gasteiger partial charge in [-0.2, -0.15) is 8.78 Å². The first kappa shape index (κ1) is 20.8. The maximum absolute atomic E-state index is 12.1. The third kappa shape index (κ3) is 6.35. The summed E-state index contributed by atoms with van der Waals surface area (Å²) in [5.41, 5.74) is 0.987. The monoisotopic (exact) mass is 392 g/mol. The van der Waals surface area contributed by atoms with Crippen LogP contribution < -0.4 is 15.4 Å². The van der Waals surface area contributed by atoms with Gasteiger partial charge in [0.15, 0.2) is 0 Å². The highest BCUT2D eigenvalue weighted by Gasteiger charge is 2.11. The Morgan fingerprint density at radius 3 is 2.14 bits per heavy atom. The van der Waals surface area contributed by atoms with E-state index in [-0.39, 0.29) is 24.5 Å². The lowest BCUT2D eigenvalue weighted by atomic mass is 10.2. The lowest BCUT2D eigenvalue weighted by Crippen LogP contribution is -2.32. The van der Waals surface area contributed by atoms with Crippen molar-refractivity contribution in [3.63, 3.8) is 0 Å². The van der Waals surface area contributed by atoms with E-state index in [1.165, 1.54) is 48.5 Å². The van der Waals surface area contributed by atoms with Gasteiger partial charge in [-0.3, -0.25) is 9.59 Å². The number of carbonyl (C=O) groups excluding carboxylic acids is 3. The molecule has 2 N–H and O–H groups in total. The second kappa shape index (κ2) is 10.0. The van der Waals surface area contributed by atoms with Crippen molar-refractivity contribution >= 4 is 23.5 Å². The Morgan fingerprint density at radius 1 is 0.964 bits per heavy atom. The van der Waals surface area contributed by atoms with Crippen LogP contribution in [0.25, 0.3) is 0 Å². The Balaban J connectivity index is 1.83. The number of rotatable bonds is 8. The van der Waals surface area contributed by atoms with Crippen molar-refractivity contribution < 1.29 is 32.6 Å². The van der Waals surface area contributed by atoms with Crippen molar-refractivity contribution in [2.45, 2.75) is 13.5 Å². The fourth-order valence-corrected chi connectivity index (χ4v) is 2.16. The van der Waals surface area contributed by atoms with Gasteiger partial charge in [-0.15, -0.1) is 0 Å². The van der Waals surface area contributed by atoms with E-state index in [2.05, 4.69) is 15.4 Å². The van der Waals surface area contributed by atoms with Crippen molar-refractivity contribution in [2.75, 3.05) is 18.5 Å². The molecule has 2 aromatic rings. The zero-order valence-electron chi connectivity index (χ0n) is 14.9. The first-order chi connectivity index (χ1) is 13.4. The van der Waals surface area contributed by atoms with Gasteiger partial charge >= 0.3 is 12.6 Å². The number of hydrogen-bond donors (Lipinski definition) is 2. The number of hydrogen-bond acceptors (Lipinski definition) is 5. The largest absolute Gasteiger partial charge is 0.462 e. The topological polar surface area (TPSA) is 93.7 Å². The van der Waals surface area contributed by atoms with Gasteiger partial charge in [-0.05, 0) is 55.5 Å². The number of carbonyl (C=O) groups is 3. The summed E-state index contributed by atoms with van der Waals surface area (Å²) in [6.07, 6.45) is 0. The summed E-state index contributed by atoms with van der Waals surface area (Å²) in [6.45, 7) is -1.28. The third-order valence-corrected chi connectivity index (χ3v) is 3.43. The van der Waals surface area contributed by atoms with Gasteiger partial charge in [0, 0.05) is 11.3 Å². The minimum Gasteiger partial charge on any atom is -0.462 e. The van der Waals surface area contributed by atoms with Crippen molar-refractivity contribution in [2.24, 2.45) is 0 Å². The van der Waals surface area contributed by atoms with Crippen LogP contribution in [0.3, 0.4) is 0 Å². The molecule has 0 aliphatic heterocycles.